The predicted octanol–water partition coefficient (Wildman–Crippen LogP) is 3.10. The van der Waals surface area contributed by atoms with Gasteiger partial charge in [0.15, 0.2) is 0 Å². The van der Waals surface area contributed by atoms with Gasteiger partial charge >= 0.3 is 0 Å². The Bertz CT molecular complexity index is 444. The van der Waals surface area contributed by atoms with Crippen LogP contribution in [0.3, 0.4) is 0 Å². The summed E-state index contributed by atoms with van der Waals surface area (Å²) in [5.41, 5.74) is 1.39. The van der Waals surface area contributed by atoms with E-state index >= 15 is 0 Å². The molecule has 112 valence electrons. The van der Waals surface area contributed by atoms with Crippen LogP contribution >= 0.6 is 11.5 Å². The lowest BCUT2D eigenvalue weighted by Gasteiger charge is -2.48. The molecule has 1 N–H and O–H groups in total. The lowest BCUT2D eigenvalue weighted by Crippen LogP contribution is -2.48. The van der Waals surface area contributed by atoms with E-state index in [-0.39, 0.29) is 5.60 Å². The molecule has 2 heterocycles. The van der Waals surface area contributed by atoms with Gasteiger partial charge in [-0.25, -0.2) is 0 Å². The summed E-state index contributed by atoms with van der Waals surface area (Å²) in [6.45, 7) is 6.27. The second kappa shape index (κ2) is 6.08. The summed E-state index contributed by atoms with van der Waals surface area (Å²) < 4.78 is 10.3. The summed E-state index contributed by atoms with van der Waals surface area (Å²) in [4.78, 5) is 1.36. The van der Waals surface area contributed by atoms with Crippen LogP contribution in [0, 0.1) is 5.92 Å². The molecule has 0 amide bonds. The van der Waals surface area contributed by atoms with Crippen molar-refractivity contribution >= 4 is 11.5 Å². The first-order valence-corrected chi connectivity index (χ1v) is 8.74. The van der Waals surface area contributed by atoms with Crippen molar-refractivity contribution in [2.45, 2.75) is 64.0 Å². The van der Waals surface area contributed by atoms with Crippen LogP contribution in [0.25, 0.3) is 0 Å². The van der Waals surface area contributed by atoms with Crippen molar-refractivity contribution in [3.05, 3.63) is 10.6 Å². The molecule has 0 aromatic carbocycles. The minimum atomic E-state index is 0.209. The smallest absolute Gasteiger partial charge is 0.0801 e. The molecule has 1 aliphatic carbocycles. The Morgan fingerprint density at radius 3 is 2.95 bits per heavy atom. The second-order valence-electron chi connectivity index (χ2n) is 6.11. The van der Waals surface area contributed by atoms with Crippen LogP contribution in [0.5, 0.6) is 0 Å². The lowest BCUT2D eigenvalue weighted by atomic mass is 9.70. The average molecular weight is 295 g/mol. The Hall–Kier alpha value is -0.520. The fourth-order valence-corrected chi connectivity index (χ4v) is 4.57. The highest BCUT2D eigenvalue weighted by molar-refractivity contribution is 7.05. The van der Waals surface area contributed by atoms with Crippen LogP contribution in [0.2, 0.25) is 0 Å². The number of hydrogen-bond donors (Lipinski definition) is 1. The Labute approximate surface area is 125 Å². The molecule has 1 aromatic rings. The Balaban J connectivity index is 1.79. The van der Waals surface area contributed by atoms with Gasteiger partial charge in [0.1, 0.15) is 0 Å². The Morgan fingerprint density at radius 1 is 1.45 bits per heavy atom. The summed E-state index contributed by atoms with van der Waals surface area (Å²) >= 11 is 1.58. The molecule has 2 aliphatic rings. The van der Waals surface area contributed by atoms with Crippen molar-refractivity contribution in [1.29, 1.82) is 0 Å². The molecule has 2 unspecified atom stereocenters. The monoisotopic (exact) mass is 295 g/mol. The standard InChI is InChI=1S/C15H25N3OS/c1-3-12-14(20-18-17-12)13(16-4-2)11-6-9-19-15(10-11)7-5-8-15/h11,13,16H,3-10H2,1-2H3. The van der Waals surface area contributed by atoms with Gasteiger partial charge < -0.3 is 10.1 Å². The molecule has 2 fully saturated rings. The molecule has 1 spiro atoms. The molecule has 5 heteroatoms. The molecule has 0 bridgehead atoms. The van der Waals surface area contributed by atoms with Crippen molar-refractivity contribution < 1.29 is 4.74 Å². The van der Waals surface area contributed by atoms with Crippen LogP contribution in [-0.4, -0.2) is 28.3 Å². The molecule has 20 heavy (non-hydrogen) atoms. The Kier molecular flexibility index (Phi) is 4.38. The predicted molar refractivity (Wildman–Crippen MR) is 81.0 cm³/mol. The van der Waals surface area contributed by atoms with Gasteiger partial charge in [0, 0.05) is 12.6 Å². The fourth-order valence-electron chi connectivity index (χ4n) is 3.66. The summed E-state index contributed by atoms with van der Waals surface area (Å²) in [6.07, 6.45) is 7.17. The highest BCUT2D eigenvalue weighted by Gasteiger charge is 2.44. The average Bonchev–Trinajstić information content (AvgIpc) is 2.91. The largest absolute Gasteiger partial charge is 0.375 e. The van der Waals surface area contributed by atoms with Crippen molar-refractivity contribution in [2.75, 3.05) is 13.2 Å². The zero-order valence-corrected chi connectivity index (χ0v) is 13.3. The third-order valence-electron chi connectivity index (χ3n) is 4.89. The quantitative estimate of drug-likeness (QED) is 0.907. The van der Waals surface area contributed by atoms with E-state index in [2.05, 4.69) is 28.8 Å². The maximum Gasteiger partial charge on any atom is 0.0801 e. The van der Waals surface area contributed by atoms with E-state index in [4.69, 9.17) is 4.74 Å². The van der Waals surface area contributed by atoms with Crippen LogP contribution < -0.4 is 5.32 Å². The molecule has 1 saturated carbocycles. The summed E-state index contributed by atoms with van der Waals surface area (Å²) in [6, 6.07) is 0.413. The maximum atomic E-state index is 6.08. The maximum absolute atomic E-state index is 6.08. The van der Waals surface area contributed by atoms with Gasteiger partial charge in [-0.1, -0.05) is 18.3 Å². The van der Waals surface area contributed by atoms with E-state index in [0.717, 1.165) is 26.0 Å². The number of aromatic nitrogens is 2. The minimum absolute atomic E-state index is 0.209. The van der Waals surface area contributed by atoms with Gasteiger partial charge in [-0.15, -0.1) is 5.10 Å². The first-order valence-electron chi connectivity index (χ1n) is 7.96. The van der Waals surface area contributed by atoms with Crippen molar-refractivity contribution in [1.82, 2.24) is 14.9 Å². The first-order chi connectivity index (χ1) is 9.78. The van der Waals surface area contributed by atoms with E-state index in [1.807, 2.05) is 0 Å². The van der Waals surface area contributed by atoms with Gasteiger partial charge in [-0.3, -0.25) is 0 Å². The first kappa shape index (κ1) is 14.4. The molecule has 4 nitrogen and oxygen atoms in total. The molecule has 1 aliphatic heterocycles. The normalized spacial score (nSPS) is 26.4. The fraction of sp³-hybridized carbons (Fsp3) is 0.867. The van der Waals surface area contributed by atoms with E-state index < -0.39 is 0 Å². The highest BCUT2D eigenvalue weighted by atomic mass is 32.1. The van der Waals surface area contributed by atoms with E-state index in [0.29, 0.717) is 12.0 Å². The van der Waals surface area contributed by atoms with Crippen LogP contribution in [-0.2, 0) is 11.2 Å². The van der Waals surface area contributed by atoms with Crippen molar-refractivity contribution in [3.8, 4) is 0 Å². The van der Waals surface area contributed by atoms with Gasteiger partial charge in [0.25, 0.3) is 0 Å². The second-order valence-corrected chi connectivity index (χ2v) is 6.90. The number of nitrogens with zero attached hydrogens (tertiary/aromatic N) is 2. The molecular weight excluding hydrogens is 270 g/mol. The van der Waals surface area contributed by atoms with Gasteiger partial charge in [-0.2, -0.15) is 0 Å². The topological polar surface area (TPSA) is 47.0 Å². The van der Waals surface area contributed by atoms with Crippen molar-refractivity contribution in [3.63, 3.8) is 0 Å². The minimum Gasteiger partial charge on any atom is -0.375 e. The Morgan fingerprint density at radius 2 is 2.30 bits per heavy atom. The summed E-state index contributed by atoms with van der Waals surface area (Å²) in [7, 11) is 0. The number of nitrogens with one attached hydrogen (secondary N) is 1. The zero-order valence-electron chi connectivity index (χ0n) is 12.5. The molecule has 3 rings (SSSR count). The highest BCUT2D eigenvalue weighted by Crippen LogP contribution is 2.47. The van der Waals surface area contributed by atoms with Crippen LogP contribution in [0.1, 0.15) is 62.6 Å². The molecule has 2 atom stereocenters. The SMILES string of the molecule is CCNC(c1snnc1CC)C1CCOC2(CCC2)C1. The van der Waals surface area contributed by atoms with Crippen molar-refractivity contribution in [2.24, 2.45) is 5.92 Å². The third kappa shape index (κ3) is 2.63. The third-order valence-corrected chi connectivity index (χ3v) is 5.74. The number of ether oxygens (including phenoxy) is 1. The molecular formula is C15H25N3OS. The number of rotatable bonds is 5. The summed E-state index contributed by atoms with van der Waals surface area (Å²) in [5, 5.41) is 7.99. The van der Waals surface area contributed by atoms with E-state index in [9.17, 15) is 0 Å². The number of hydrogen-bond acceptors (Lipinski definition) is 5. The van der Waals surface area contributed by atoms with Gasteiger partial charge in [0.05, 0.1) is 16.2 Å². The van der Waals surface area contributed by atoms with E-state index in [1.165, 1.54) is 36.3 Å². The molecule has 0 radical (unpaired) electrons. The van der Waals surface area contributed by atoms with E-state index in [1.54, 1.807) is 11.5 Å². The molecule has 1 aromatic heterocycles. The molecule has 1 saturated heterocycles. The summed E-state index contributed by atoms with van der Waals surface area (Å²) in [5.74, 6) is 0.663. The van der Waals surface area contributed by atoms with Crippen LogP contribution in [0.4, 0.5) is 0 Å². The lowest BCUT2D eigenvalue weighted by molar-refractivity contribution is -0.147. The zero-order chi connectivity index (χ0) is 14.0. The van der Waals surface area contributed by atoms with Gasteiger partial charge in [-0.05, 0) is 62.5 Å². The van der Waals surface area contributed by atoms with Crippen LogP contribution in [0.15, 0.2) is 0 Å². The van der Waals surface area contributed by atoms with Gasteiger partial charge in [0.2, 0.25) is 0 Å². The number of aryl methyl sites for hydroxylation is 1.